The lowest BCUT2D eigenvalue weighted by atomic mass is 10.0. The Hall–Kier alpha value is -3.96. The summed E-state index contributed by atoms with van der Waals surface area (Å²) < 4.78 is 20.1. The number of carbonyl (C=O) groups excluding carboxylic acids is 3. The van der Waals surface area contributed by atoms with Gasteiger partial charge in [-0.15, -0.1) is 10.2 Å². The van der Waals surface area contributed by atoms with Crippen LogP contribution in [0.4, 0.5) is 26.4 Å². The third-order valence-electron chi connectivity index (χ3n) is 7.46. The topological polar surface area (TPSA) is 108 Å². The maximum atomic E-state index is 14.5. The summed E-state index contributed by atoms with van der Waals surface area (Å²) in [4.78, 5) is 44.4. The zero-order valence-corrected chi connectivity index (χ0v) is 26.4. The fourth-order valence-electron chi connectivity index (χ4n) is 5.33. The van der Waals surface area contributed by atoms with Crippen molar-refractivity contribution in [1.29, 1.82) is 0 Å². The second kappa shape index (κ2) is 12.6. The van der Waals surface area contributed by atoms with Crippen LogP contribution in [0.2, 0.25) is 10.0 Å². The van der Waals surface area contributed by atoms with Crippen molar-refractivity contribution >= 4 is 58.3 Å². The number of carbonyl (C=O) groups is 3. The second-order valence-corrected chi connectivity index (χ2v) is 12.5. The molecule has 0 radical (unpaired) electrons. The Morgan fingerprint density at radius 2 is 1.73 bits per heavy atom. The van der Waals surface area contributed by atoms with Gasteiger partial charge in [-0.3, -0.25) is 14.5 Å². The molecule has 2 aliphatic heterocycles. The van der Waals surface area contributed by atoms with E-state index in [1.165, 1.54) is 23.1 Å². The number of ether oxygens (including phenoxy) is 1. The van der Waals surface area contributed by atoms with E-state index in [2.05, 4.69) is 15.5 Å². The van der Waals surface area contributed by atoms with Crippen molar-refractivity contribution in [2.24, 2.45) is 0 Å². The Morgan fingerprint density at radius 3 is 2.43 bits per heavy atom. The minimum absolute atomic E-state index is 0.0419. The number of nitrogens with zero attached hydrogens (tertiary/aromatic N) is 5. The van der Waals surface area contributed by atoms with Gasteiger partial charge >= 0.3 is 6.09 Å². The summed E-state index contributed by atoms with van der Waals surface area (Å²) in [5.41, 5.74) is 0.815. The molecule has 2 aromatic carbocycles. The first-order chi connectivity index (χ1) is 20.8. The van der Waals surface area contributed by atoms with Crippen molar-refractivity contribution in [2.45, 2.75) is 52.2 Å². The van der Waals surface area contributed by atoms with Crippen LogP contribution in [0.1, 0.15) is 73.0 Å². The predicted molar refractivity (Wildman–Crippen MR) is 167 cm³/mol. The van der Waals surface area contributed by atoms with Crippen LogP contribution in [0.15, 0.2) is 42.5 Å². The Kier molecular flexibility index (Phi) is 8.99. The molecule has 3 aromatic rings. The Labute approximate surface area is 265 Å². The number of hydrogen-bond acceptors (Lipinski definition) is 7. The number of nitrogens with one attached hydrogen (secondary N) is 1. The van der Waals surface area contributed by atoms with Gasteiger partial charge in [0.25, 0.3) is 11.8 Å². The third kappa shape index (κ3) is 6.58. The highest BCUT2D eigenvalue weighted by atomic mass is 35.5. The summed E-state index contributed by atoms with van der Waals surface area (Å²) in [5.74, 6) is -1.12. The van der Waals surface area contributed by atoms with Gasteiger partial charge in [-0.05, 0) is 76.9 Å². The van der Waals surface area contributed by atoms with E-state index in [9.17, 15) is 18.8 Å². The standard InChI is InChI=1S/C31H33Cl2FN6O4/c1-18(25-21(32)10-11-22(34)26(25)33)39-14-15-40(30(43)44-31(2,3)4)27-24(39)17-23(36-37-27)28(41)35-20-9-7-8-19(16-20)29(42)38-12-5-6-13-38/h7-11,16-18H,5-6,12-15H2,1-4H3,(H,35,41). The largest absolute Gasteiger partial charge is 0.443 e. The molecule has 1 aromatic heterocycles. The van der Waals surface area contributed by atoms with Crippen molar-refractivity contribution in [3.8, 4) is 0 Å². The number of aromatic nitrogens is 2. The normalized spacial score (nSPS) is 15.6. The molecule has 2 aliphatic rings. The minimum Gasteiger partial charge on any atom is -0.443 e. The first-order valence-electron chi connectivity index (χ1n) is 14.3. The highest BCUT2D eigenvalue weighted by Crippen LogP contribution is 2.41. The number of hydrogen-bond donors (Lipinski definition) is 1. The highest BCUT2D eigenvalue weighted by Gasteiger charge is 2.36. The lowest BCUT2D eigenvalue weighted by Gasteiger charge is -2.40. The molecular formula is C31H33Cl2FN6O4. The van der Waals surface area contributed by atoms with E-state index in [-0.39, 0.29) is 40.6 Å². The molecule has 10 nitrogen and oxygen atoms in total. The van der Waals surface area contributed by atoms with E-state index in [4.69, 9.17) is 27.9 Å². The van der Waals surface area contributed by atoms with Crippen molar-refractivity contribution in [3.05, 3.63) is 75.1 Å². The molecule has 44 heavy (non-hydrogen) atoms. The zero-order chi connectivity index (χ0) is 31.8. The monoisotopic (exact) mass is 642 g/mol. The van der Waals surface area contributed by atoms with Gasteiger partial charge in [0.15, 0.2) is 11.5 Å². The van der Waals surface area contributed by atoms with Crippen LogP contribution >= 0.6 is 23.2 Å². The van der Waals surface area contributed by atoms with E-state index < -0.39 is 29.5 Å². The molecule has 1 unspecified atom stereocenters. The number of anilines is 3. The molecule has 1 saturated heterocycles. The van der Waals surface area contributed by atoms with Crippen LogP contribution in [0.5, 0.6) is 0 Å². The van der Waals surface area contributed by atoms with Gasteiger partial charge < -0.3 is 19.9 Å². The molecule has 1 N–H and O–H groups in total. The van der Waals surface area contributed by atoms with Gasteiger partial charge in [-0.25, -0.2) is 9.18 Å². The summed E-state index contributed by atoms with van der Waals surface area (Å²) in [6.45, 7) is 8.92. The minimum atomic E-state index is -0.762. The van der Waals surface area contributed by atoms with Crippen molar-refractivity contribution in [1.82, 2.24) is 15.1 Å². The molecule has 5 rings (SSSR count). The van der Waals surface area contributed by atoms with Gasteiger partial charge in [0, 0.05) is 48.0 Å². The molecular weight excluding hydrogens is 610 g/mol. The average Bonchev–Trinajstić information content (AvgIpc) is 3.52. The second-order valence-electron chi connectivity index (χ2n) is 11.7. The summed E-state index contributed by atoms with van der Waals surface area (Å²) in [6, 6.07) is 10.3. The first-order valence-corrected chi connectivity index (χ1v) is 15.1. The van der Waals surface area contributed by atoms with Crippen LogP contribution < -0.4 is 15.1 Å². The average molecular weight is 644 g/mol. The fourth-order valence-corrected chi connectivity index (χ4v) is 6.02. The summed E-state index contributed by atoms with van der Waals surface area (Å²) in [7, 11) is 0. The molecule has 13 heteroatoms. The number of halogens is 3. The maximum Gasteiger partial charge on any atom is 0.416 e. The summed E-state index contributed by atoms with van der Waals surface area (Å²) in [5, 5.41) is 11.3. The van der Waals surface area contributed by atoms with E-state index in [1.807, 2.05) is 4.90 Å². The number of fused-ring (bicyclic) bond motifs is 1. The maximum absolute atomic E-state index is 14.5. The number of amides is 3. The van der Waals surface area contributed by atoms with Crippen molar-refractivity contribution in [2.75, 3.05) is 41.3 Å². The smallest absolute Gasteiger partial charge is 0.416 e. The van der Waals surface area contributed by atoms with E-state index in [0.717, 1.165) is 12.8 Å². The van der Waals surface area contributed by atoms with Gasteiger partial charge in [-0.1, -0.05) is 29.3 Å². The van der Waals surface area contributed by atoms with Crippen LogP contribution in [-0.2, 0) is 4.74 Å². The molecule has 1 fully saturated rings. The molecule has 0 spiro atoms. The SMILES string of the molecule is CC(c1c(Cl)ccc(F)c1Cl)N1CCN(C(=O)OC(C)(C)C)c2nnc(C(=O)Nc3cccc(C(=O)N4CCCC4)c3)cc21. The number of rotatable bonds is 5. The van der Waals surface area contributed by atoms with Gasteiger partial charge in [-0.2, -0.15) is 0 Å². The Bertz CT molecular complexity index is 1610. The van der Waals surface area contributed by atoms with Crippen LogP contribution in [-0.4, -0.2) is 64.8 Å². The molecule has 0 aliphatic carbocycles. The van der Waals surface area contributed by atoms with E-state index in [1.54, 1.807) is 56.9 Å². The lowest BCUT2D eigenvalue weighted by molar-refractivity contribution is 0.0577. The highest BCUT2D eigenvalue weighted by molar-refractivity contribution is 6.36. The molecule has 1 atom stereocenters. The van der Waals surface area contributed by atoms with Crippen LogP contribution in [0, 0.1) is 5.82 Å². The lowest BCUT2D eigenvalue weighted by Crippen LogP contribution is -2.47. The third-order valence-corrected chi connectivity index (χ3v) is 8.17. The quantitative estimate of drug-likeness (QED) is 0.307. The van der Waals surface area contributed by atoms with E-state index in [0.29, 0.717) is 35.6 Å². The number of likely N-dealkylation sites (tertiary alicyclic amines) is 1. The van der Waals surface area contributed by atoms with Gasteiger partial charge in [0.05, 0.1) is 16.8 Å². The van der Waals surface area contributed by atoms with Crippen molar-refractivity contribution in [3.63, 3.8) is 0 Å². The molecule has 0 saturated carbocycles. The predicted octanol–water partition coefficient (Wildman–Crippen LogP) is 6.73. The zero-order valence-electron chi connectivity index (χ0n) is 24.9. The van der Waals surface area contributed by atoms with Gasteiger partial charge in [0.2, 0.25) is 0 Å². The van der Waals surface area contributed by atoms with Crippen molar-refractivity contribution < 1.29 is 23.5 Å². The molecule has 232 valence electrons. The van der Waals surface area contributed by atoms with Crippen LogP contribution in [0.3, 0.4) is 0 Å². The molecule has 0 bridgehead atoms. The van der Waals surface area contributed by atoms with Crippen LogP contribution in [0.25, 0.3) is 0 Å². The van der Waals surface area contributed by atoms with E-state index >= 15 is 0 Å². The van der Waals surface area contributed by atoms with Gasteiger partial charge in [0.1, 0.15) is 11.4 Å². The Morgan fingerprint density at radius 1 is 1.00 bits per heavy atom. The summed E-state index contributed by atoms with van der Waals surface area (Å²) in [6.07, 6.45) is 1.31. The molecule has 3 amide bonds. The summed E-state index contributed by atoms with van der Waals surface area (Å²) >= 11 is 12.8. The Balaban J connectivity index is 1.48. The first kappa shape index (κ1) is 31.5. The molecule has 3 heterocycles. The fraction of sp³-hybridized carbons (Fsp3) is 0.387. The number of benzene rings is 2.